The van der Waals surface area contributed by atoms with Crippen LogP contribution < -0.4 is 9.64 Å². The predicted molar refractivity (Wildman–Crippen MR) is 104 cm³/mol. The number of rotatable bonds is 3. The number of halogens is 1. The molecule has 7 heteroatoms. The van der Waals surface area contributed by atoms with Gasteiger partial charge in [0.1, 0.15) is 17.1 Å². The first-order valence-electron chi connectivity index (χ1n) is 9.61. The van der Waals surface area contributed by atoms with Gasteiger partial charge in [-0.2, -0.15) is 0 Å². The molecule has 2 aliphatic rings. The molecule has 1 unspecified atom stereocenters. The molecule has 1 atom stereocenters. The van der Waals surface area contributed by atoms with Crippen LogP contribution >= 0.6 is 0 Å². The van der Waals surface area contributed by atoms with Crippen LogP contribution in [-0.4, -0.2) is 55.1 Å². The molecular formula is C21H25FN4O2. The minimum Gasteiger partial charge on any atom is -0.496 e. The van der Waals surface area contributed by atoms with Crippen molar-refractivity contribution >= 4 is 11.9 Å². The van der Waals surface area contributed by atoms with E-state index in [1.807, 2.05) is 25.2 Å². The van der Waals surface area contributed by atoms with Crippen molar-refractivity contribution in [1.29, 1.82) is 0 Å². The molecule has 1 amide bonds. The van der Waals surface area contributed by atoms with Gasteiger partial charge in [0.2, 0.25) is 5.95 Å². The normalized spacial score (nSPS) is 20.9. The van der Waals surface area contributed by atoms with E-state index in [-0.39, 0.29) is 22.6 Å². The Kier molecular flexibility index (Phi) is 4.69. The van der Waals surface area contributed by atoms with E-state index in [9.17, 15) is 9.18 Å². The Morgan fingerprint density at radius 3 is 2.89 bits per heavy atom. The maximum Gasteiger partial charge on any atom is 0.260 e. The summed E-state index contributed by atoms with van der Waals surface area (Å²) in [6.45, 7) is 1.15. The molecule has 0 bridgehead atoms. The van der Waals surface area contributed by atoms with Gasteiger partial charge in [-0.15, -0.1) is 0 Å². The van der Waals surface area contributed by atoms with E-state index >= 15 is 0 Å². The van der Waals surface area contributed by atoms with Crippen LogP contribution in [-0.2, 0) is 11.8 Å². The summed E-state index contributed by atoms with van der Waals surface area (Å²) in [6, 6.07) is 4.48. The first-order chi connectivity index (χ1) is 13.4. The lowest BCUT2D eigenvalue weighted by molar-refractivity contribution is 0.0625. The van der Waals surface area contributed by atoms with Crippen molar-refractivity contribution in [3.05, 3.63) is 47.0 Å². The van der Waals surface area contributed by atoms with Gasteiger partial charge in [-0.3, -0.25) is 4.79 Å². The minimum atomic E-state index is -0.548. The number of piperidine rings is 1. The number of carbonyl (C=O) groups is 1. The summed E-state index contributed by atoms with van der Waals surface area (Å²) in [5.74, 6) is 0.0882. The van der Waals surface area contributed by atoms with E-state index < -0.39 is 5.82 Å². The maximum atomic E-state index is 14.4. The molecule has 1 aromatic carbocycles. The van der Waals surface area contributed by atoms with Gasteiger partial charge in [0.15, 0.2) is 0 Å². The third kappa shape index (κ3) is 2.99. The number of amides is 1. The number of benzene rings is 1. The number of likely N-dealkylation sites (tertiary alicyclic amines) is 1. The van der Waals surface area contributed by atoms with E-state index in [0.29, 0.717) is 19.0 Å². The van der Waals surface area contributed by atoms with Crippen LogP contribution in [0, 0.1) is 5.82 Å². The van der Waals surface area contributed by atoms with Crippen LogP contribution in [0.1, 0.15) is 40.9 Å². The van der Waals surface area contributed by atoms with Crippen LogP contribution in [0.4, 0.5) is 10.3 Å². The number of aryl methyl sites for hydroxylation is 1. The highest BCUT2D eigenvalue weighted by Crippen LogP contribution is 2.44. The molecule has 1 saturated heterocycles. The van der Waals surface area contributed by atoms with Gasteiger partial charge in [-0.25, -0.2) is 14.4 Å². The van der Waals surface area contributed by atoms with Gasteiger partial charge in [0, 0.05) is 38.8 Å². The summed E-state index contributed by atoms with van der Waals surface area (Å²) in [6.07, 6.45) is 5.60. The maximum absolute atomic E-state index is 14.4. The Bertz CT molecular complexity index is 913. The van der Waals surface area contributed by atoms with E-state index in [1.165, 1.54) is 13.2 Å². The van der Waals surface area contributed by atoms with E-state index in [4.69, 9.17) is 9.72 Å². The summed E-state index contributed by atoms with van der Waals surface area (Å²) < 4.78 is 19.7. The molecule has 1 aromatic heterocycles. The van der Waals surface area contributed by atoms with Gasteiger partial charge in [-0.1, -0.05) is 6.07 Å². The average molecular weight is 384 g/mol. The number of anilines is 1. The largest absolute Gasteiger partial charge is 0.496 e. The third-order valence-electron chi connectivity index (χ3n) is 5.90. The summed E-state index contributed by atoms with van der Waals surface area (Å²) in [7, 11) is 5.30. The van der Waals surface area contributed by atoms with Crippen LogP contribution in [0.2, 0.25) is 0 Å². The van der Waals surface area contributed by atoms with Crippen molar-refractivity contribution in [3.8, 4) is 5.75 Å². The molecule has 2 aromatic rings. The Morgan fingerprint density at radius 2 is 2.14 bits per heavy atom. The second-order valence-electron chi connectivity index (χ2n) is 7.87. The van der Waals surface area contributed by atoms with E-state index in [0.717, 1.165) is 36.9 Å². The SMILES string of the molecule is COc1cccc(F)c1C(=O)N1CCCC2(CCc3cnc(N(C)C)nc32)C1. The van der Waals surface area contributed by atoms with Crippen LogP contribution in [0.25, 0.3) is 0 Å². The van der Waals surface area contributed by atoms with Gasteiger partial charge >= 0.3 is 0 Å². The standard InChI is InChI=1S/C21H25FN4O2/c1-25(2)20-23-12-14-8-10-21(18(14)24-20)9-5-11-26(13-21)19(27)17-15(22)6-4-7-16(17)28-3/h4,6-7,12H,5,8-11,13H2,1-3H3. The van der Waals surface area contributed by atoms with Gasteiger partial charge in [0.25, 0.3) is 5.91 Å². The van der Waals surface area contributed by atoms with Gasteiger partial charge < -0.3 is 14.5 Å². The quantitative estimate of drug-likeness (QED) is 0.815. The molecule has 1 fully saturated rings. The smallest absolute Gasteiger partial charge is 0.260 e. The molecular weight excluding hydrogens is 359 g/mol. The molecule has 0 N–H and O–H groups in total. The van der Waals surface area contributed by atoms with Crippen LogP contribution in [0.3, 0.4) is 0 Å². The zero-order valence-electron chi connectivity index (χ0n) is 16.5. The van der Waals surface area contributed by atoms with Crippen molar-refractivity contribution in [3.63, 3.8) is 0 Å². The van der Waals surface area contributed by atoms with E-state index in [2.05, 4.69) is 4.98 Å². The number of methoxy groups -OCH3 is 1. The third-order valence-corrected chi connectivity index (χ3v) is 5.90. The van der Waals surface area contributed by atoms with Gasteiger partial charge in [-0.05, 0) is 43.4 Å². The molecule has 6 nitrogen and oxygen atoms in total. The molecule has 0 saturated carbocycles. The van der Waals surface area contributed by atoms with Crippen molar-refractivity contribution < 1.29 is 13.9 Å². The topological polar surface area (TPSA) is 58.6 Å². The van der Waals surface area contributed by atoms with E-state index in [1.54, 1.807) is 17.0 Å². The lowest BCUT2D eigenvalue weighted by Crippen LogP contribution is -2.48. The summed E-state index contributed by atoms with van der Waals surface area (Å²) in [4.78, 5) is 26.1. The second-order valence-corrected chi connectivity index (χ2v) is 7.87. The fraction of sp³-hybridized carbons (Fsp3) is 0.476. The summed E-state index contributed by atoms with van der Waals surface area (Å²) in [5, 5.41) is 0. The summed E-state index contributed by atoms with van der Waals surface area (Å²) in [5.41, 5.74) is 2.03. The van der Waals surface area contributed by atoms with Crippen molar-refractivity contribution in [2.75, 3.05) is 39.2 Å². The number of fused-ring (bicyclic) bond motifs is 2. The molecule has 0 radical (unpaired) electrons. The number of hydrogen-bond acceptors (Lipinski definition) is 5. The molecule has 2 heterocycles. The predicted octanol–water partition coefficient (Wildman–Crippen LogP) is 2.81. The molecule has 1 aliphatic heterocycles. The lowest BCUT2D eigenvalue weighted by atomic mass is 9.77. The number of ether oxygens (including phenoxy) is 1. The first-order valence-corrected chi connectivity index (χ1v) is 9.61. The Balaban J connectivity index is 1.67. The molecule has 148 valence electrons. The highest BCUT2D eigenvalue weighted by Gasteiger charge is 2.45. The lowest BCUT2D eigenvalue weighted by Gasteiger charge is -2.40. The Morgan fingerprint density at radius 1 is 1.32 bits per heavy atom. The van der Waals surface area contributed by atoms with Crippen molar-refractivity contribution in [1.82, 2.24) is 14.9 Å². The first kappa shape index (κ1) is 18.7. The summed E-state index contributed by atoms with van der Waals surface area (Å²) >= 11 is 0. The number of hydrogen-bond donors (Lipinski definition) is 0. The number of carbonyl (C=O) groups excluding carboxylic acids is 1. The zero-order valence-corrected chi connectivity index (χ0v) is 16.5. The molecule has 28 heavy (non-hydrogen) atoms. The zero-order chi connectivity index (χ0) is 19.9. The number of nitrogens with zero attached hydrogens (tertiary/aromatic N) is 4. The Labute approximate surface area is 164 Å². The van der Waals surface area contributed by atoms with Crippen LogP contribution in [0.15, 0.2) is 24.4 Å². The van der Waals surface area contributed by atoms with Gasteiger partial charge in [0.05, 0.1) is 12.8 Å². The fourth-order valence-corrected chi connectivity index (χ4v) is 4.49. The molecule has 4 rings (SSSR count). The minimum absolute atomic E-state index is 0.0111. The highest BCUT2D eigenvalue weighted by molar-refractivity contribution is 5.97. The highest BCUT2D eigenvalue weighted by atomic mass is 19.1. The second kappa shape index (κ2) is 7.04. The molecule has 1 aliphatic carbocycles. The fourth-order valence-electron chi connectivity index (χ4n) is 4.49. The van der Waals surface area contributed by atoms with Crippen molar-refractivity contribution in [2.45, 2.75) is 31.1 Å². The average Bonchev–Trinajstić information content (AvgIpc) is 3.04. The molecule has 1 spiro atoms. The van der Waals surface area contributed by atoms with Crippen molar-refractivity contribution in [2.24, 2.45) is 0 Å². The van der Waals surface area contributed by atoms with Crippen LogP contribution in [0.5, 0.6) is 5.75 Å². The number of aromatic nitrogens is 2. The monoisotopic (exact) mass is 384 g/mol. The Hall–Kier alpha value is -2.70.